The van der Waals surface area contributed by atoms with Crippen LogP contribution in [-0.2, 0) is 9.53 Å². The Hall–Kier alpha value is -1.43. The molecule has 1 aromatic rings. The number of rotatable bonds is 4. The Morgan fingerprint density at radius 1 is 1.50 bits per heavy atom. The van der Waals surface area contributed by atoms with Crippen molar-refractivity contribution in [1.29, 1.82) is 0 Å². The van der Waals surface area contributed by atoms with Crippen LogP contribution in [-0.4, -0.2) is 28.4 Å². The van der Waals surface area contributed by atoms with Crippen LogP contribution in [0, 0.1) is 0 Å². The van der Waals surface area contributed by atoms with Gasteiger partial charge in [0, 0.05) is 0 Å². The summed E-state index contributed by atoms with van der Waals surface area (Å²) in [6.45, 7) is 1.86. The fraction of sp³-hybridized carbons (Fsp3) is 0.300. The van der Waals surface area contributed by atoms with Crippen LogP contribution in [0.25, 0.3) is 0 Å². The van der Waals surface area contributed by atoms with Crippen molar-refractivity contribution < 1.29 is 19.4 Å². The van der Waals surface area contributed by atoms with Gasteiger partial charge in [-0.05, 0) is 35.0 Å². The zero-order valence-electron chi connectivity index (χ0n) is 8.57. The second-order valence-corrected chi connectivity index (χ2v) is 3.72. The Morgan fingerprint density at radius 2 is 2.19 bits per heavy atom. The van der Waals surface area contributed by atoms with Crippen LogP contribution in [0.3, 0.4) is 0 Å². The topological polar surface area (TPSA) is 76.5 Å². The Balaban J connectivity index is 2.80. The van der Waals surface area contributed by atoms with Crippen molar-refractivity contribution in [3.8, 4) is 5.75 Å². The summed E-state index contributed by atoms with van der Waals surface area (Å²) in [7, 11) is 0. The van der Waals surface area contributed by atoms with E-state index in [9.17, 15) is 14.7 Å². The van der Waals surface area contributed by atoms with Crippen LogP contribution in [0.1, 0.15) is 23.8 Å². The van der Waals surface area contributed by atoms with Crippen molar-refractivity contribution in [3.63, 3.8) is 0 Å². The minimum Gasteiger partial charge on any atom is -0.506 e. The van der Waals surface area contributed by atoms with E-state index in [0.717, 1.165) is 0 Å². The van der Waals surface area contributed by atoms with Gasteiger partial charge in [-0.25, -0.2) is 4.98 Å². The van der Waals surface area contributed by atoms with Gasteiger partial charge < -0.3 is 9.84 Å². The molecule has 0 spiro atoms. The molecule has 0 saturated heterocycles. The molecular formula is C10H10BrNO4. The van der Waals surface area contributed by atoms with Gasteiger partial charge in [-0.3, -0.25) is 9.59 Å². The molecule has 0 bridgehead atoms. The van der Waals surface area contributed by atoms with E-state index in [-0.39, 0.29) is 18.1 Å². The molecule has 86 valence electrons. The normalized spacial score (nSPS) is 9.88. The van der Waals surface area contributed by atoms with Gasteiger partial charge in [0.15, 0.2) is 5.78 Å². The fourth-order valence-electron chi connectivity index (χ4n) is 1.06. The number of Topliss-reactive ketones (excluding diaryl/α,β-unsaturated/α-hetero) is 1. The Labute approximate surface area is 101 Å². The Bertz CT molecular complexity index is 419. The van der Waals surface area contributed by atoms with Crippen molar-refractivity contribution in [1.82, 2.24) is 4.98 Å². The third kappa shape index (κ3) is 3.30. The summed E-state index contributed by atoms with van der Waals surface area (Å²) in [5.74, 6) is -1.46. The first kappa shape index (κ1) is 12.6. The zero-order valence-corrected chi connectivity index (χ0v) is 10.2. The third-order valence-corrected chi connectivity index (χ3v) is 2.16. The van der Waals surface area contributed by atoms with Gasteiger partial charge in [0.05, 0.1) is 6.61 Å². The molecule has 1 aromatic heterocycles. The average Bonchev–Trinajstić information content (AvgIpc) is 2.21. The number of pyridine rings is 1. The smallest absolute Gasteiger partial charge is 0.313 e. The number of ketones is 1. The first-order chi connectivity index (χ1) is 7.54. The quantitative estimate of drug-likeness (QED) is 0.395. The highest BCUT2D eigenvalue weighted by molar-refractivity contribution is 9.10. The number of aromatic hydroxyl groups is 1. The van der Waals surface area contributed by atoms with E-state index in [2.05, 4.69) is 25.7 Å². The summed E-state index contributed by atoms with van der Waals surface area (Å²) in [4.78, 5) is 26.4. The summed E-state index contributed by atoms with van der Waals surface area (Å²) < 4.78 is 5.04. The van der Waals surface area contributed by atoms with Gasteiger partial charge in [0.1, 0.15) is 22.5 Å². The number of halogens is 1. The van der Waals surface area contributed by atoms with Crippen LogP contribution >= 0.6 is 15.9 Å². The molecule has 0 fully saturated rings. The van der Waals surface area contributed by atoms with Crippen molar-refractivity contribution in [3.05, 3.63) is 22.4 Å². The molecule has 1 rings (SSSR count). The number of esters is 1. The standard InChI is InChI=1S/C10H10BrNO4/c1-2-16-9(15)5-7(14)10-6(13)3-4-8(11)12-10/h3-4,13H,2,5H2,1H3. The molecule has 0 unspecified atom stereocenters. The maximum atomic E-state index is 11.6. The predicted molar refractivity (Wildman–Crippen MR) is 59.2 cm³/mol. The lowest BCUT2D eigenvalue weighted by atomic mass is 10.2. The first-order valence-corrected chi connectivity index (χ1v) is 5.38. The van der Waals surface area contributed by atoms with E-state index in [1.807, 2.05) is 0 Å². The number of hydrogen-bond donors (Lipinski definition) is 1. The van der Waals surface area contributed by atoms with Crippen molar-refractivity contribution >= 4 is 27.7 Å². The van der Waals surface area contributed by atoms with Gasteiger partial charge in [-0.2, -0.15) is 0 Å². The van der Waals surface area contributed by atoms with Crippen LogP contribution in [0.15, 0.2) is 16.7 Å². The summed E-state index contributed by atoms with van der Waals surface area (Å²) in [5.41, 5.74) is -0.137. The maximum Gasteiger partial charge on any atom is 0.313 e. The zero-order chi connectivity index (χ0) is 12.1. The SMILES string of the molecule is CCOC(=O)CC(=O)c1nc(Br)ccc1O. The van der Waals surface area contributed by atoms with E-state index in [1.54, 1.807) is 6.92 Å². The Kier molecular flexibility index (Phi) is 4.42. The number of carbonyl (C=O) groups is 2. The lowest BCUT2D eigenvalue weighted by Gasteiger charge is -2.03. The van der Waals surface area contributed by atoms with E-state index in [4.69, 9.17) is 0 Å². The molecule has 0 amide bonds. The molecule has 16 heavy (non-hydrogen) atoms. The van der Waals surface area contributed by atoms with E-state index < -0.39 is 18.2 Å². The monoisotopic (exact) mass is 287 g/mol. The molecule has 0 aliphatic carbocycles. The summed E-state index contributed by atoms with van der Waals surface area (Å²) >= 11 is 3.07. The second kappa shape index (κ2) is 5.60. The number of aromatic nitrogens is 1. The van der Waals surface area contributed by atoms with Crippen molar-refractivity contribution in [2.45, 2.75) is 13.3 Å². The lowest BCUT2D eigenvalue weighted by Crippen LogP contribution is -2.12. The summed E-state index contributed by atoms with van der Waals surface area (Å²) in [5, 5.41) is 9.39. The van der Waals surface area contributed by atoms with Gasteiger partial charge in [-0.15, -0.1) is 0 Å². The molecule has 0 aliphatic rings. The molecule has 6 heteroatoms. The Morgan fingerprint density at radius 3 is 2.81 bits per heavy atom. The van der Waals surface area contributed by atoms with E-state index in [1.165, 1.54) is 12.1 Å². The minimum atomic E-state index is -0.631. The molecule has 0 saturated carbocycles. The minimum absolute atomic E-state index is 0.137. The van der Waals surface area contributed by atoms with Crippen LogP contribution in [0.5, 0.6) is 5.75 Å². The first-order valence-electron chi connectivity index (χ1n) is 4.59. The molecule has 5 nitrogen and oxygen atoms in total. The van der Waals surface area contributed by atoms with Crippen LogP contribution in [0.4, 0.5) is 0 Å². The van der Waals surface area contributed by atoms with Gasteiger partial charge in [-0.1, -0.05) is 0 Å². The summed E-state index contributed by atoms with van der Waals surface area (Å²) in [6, 6.07) is 2.83. The molecule has 1 heterocycles. The van der Waals surface area contributed by atoms with Crippen molar-refractivity contribution in [2.75, 3.05) is 6.61 Å². The molecule has 0 aliphatic heterocycles. The molecule has 0 radical (unpaired) electrons. The fourth-order valence-corrected chi connectivity index (χ4v) is 1.37. The van der Waals surface area contributed by atoms with Crippen LogP contribution < -0.4 is 0 Å². The van der Waals surface area contributed by atoms with Crippen molar-refractivity contribution in [2.24, 2.45) is 0 Å². The molecule has 1 N–H and O–H groups in total. The maximum absolute atomic E-state index is 11.6. The lowest BCUT2D eigenvalue weighted by molar-refractivity contribution is -0.141. The summed E-state index contributed by atoms with van der Waals surface area (Å²) in [6.07, 6.45) is -0.426. The van der Waals surface area contributed by atoms with Gasteiger partial charge in [0.25, 0.3) is 0 Å². The highest BCUT2D eigenvalue weighted by atomic mass is 79.9. The van der Waals surface area contributed by atoms with Gasteiger partial charge in [0.2, 0.25) is 0 Å². The van der Waals surface area contributed by atoms with Crippen LogP contribution in [0.2, 0.25) is 0 Å². The van der Waals surface area contributed by atoms with Gasteiger partial charge >= 0.3 is 5.97 Å². The number of nitrogens with zero attached hydrogens (tertiary/aromatic N) is 1. The average molecular weight is 288 g/mol. The molecular weight excluding hydrogens is 278 g/mol. The molecule has 0 aromatic carbocycles. The largest absolute Gasteiger partial charge is 0.506 e. The number of carbonyl (C=O) groups excluding carboxylic acids is 2. The molecule has 0 atom stereocenters. The third-order valence-electron chi connectivity index (χ3n) is 1.71. The highest BCUT2D eigenvalue weighted by Crippen LogP contribution is 2.19. The predicted octanol–water partition coefficient (Wildman–Crippen LogP) is 1.69. The van der Waals surface area contributed by atoms with E-state index in [0.29, 0.717) is 4.60 Å². The second-order valence-electron chi connectivity index (χ2n) is 2.91. The van der Waals surface area contributed by atoms with E-state index >= 15 is 0 Å². The number of hydrogen-bond acceptors (Lipinski definition) is 5. The highest BCUT2D eigenvalue weighted by Gasteiger charge is 2.17. The number of ether oxygens (including phenoxy) is 1.